The van der Waals surface area contributed by atoms with Crippen molar-refractivity contribution in [3.8, 4) is 5.75 Å². The predicted molar refractivity (Wildman–Crippen MR) is 94.7 cm³/mol. The Morgan fingerprint density at radius 2 is 1.96 bits per heavy atom. The molecule has 0 amide bonds. The van der Waals surface area contributed by atoms with Gasteiger partial charge in [0.2, 0.25) is 0 Å². The molecule has 0 heterocycles. The van der Waals surface area contributed by atoms with E-state index in [4.69, 9.17) is 4.74 Å². The first-order valence-corrected chi connectivity index (χ1v) is 7.72. The summed E-state index contributed by atoms with van der Waals surface area (Å²) in [5.74, 6) is 0.637. The number of nitrogens with zero attached hydrogens (tertiary/aromatic N) is 2. The molecule has 0 radical (unpaired) electrons. The molecule has 0 aliphatic carbocycles. The van der Waals surface area contributed by atoms with Crippen molar-refractivity contribution in [2.75, 3.05) is 20.7 Å². The molecule has 1 unspecified atom stereocenters. The van der Waals surface area contributed by atoms with Gasteiger partial charge in [-0.2, -0.15) is 0 Å². The number of aliphatic imine (C=N–C) groups is 1. The summed E-state index contributed by atoms with van der Waals surface area (Å²) in [5.41, 5.74) is 3.42. The summed E-state index contributed by atoms with van der Waals surface area (Å²) in [7, 11) is 3.58. The van der Waals surface area contributed by atoms with Crippen LogP contribution in [0.5, 0.6) is 5.75 Å². The smallest absolute Gasteiger partial charge is 0.127 e. The molecule has 1 N–H and O–H groups in total. The van der Waals surface area contributed by atoms with Crippen LogP contribution in [0, 0.1) is 6.92 Å². The van der Waals surface area contributed by atoms with E-state index < -0.39 is 6.10 Å². The lowest BCUT2D eigenvalue weighted by Crippen LogP contribution is -2.14. The Kier molecular flexibility index (Phi) is 5.77. The maximum atomic E-state index is 10.6. The highest BCUT2D eigenvalue weighted by Crippen LogP contribution is 2.35. The number of aryl methyl sites for hydroxylation is 1. The third-order valence-corrected chi connectivity index (χ3v) is 3.85. The van der Waals surface area contributed by atoms with Crippen LogP contribution in [-0.4, -0.2) is 37.0 Å². The van der Waals surface area contributed by atoms with E-state index in [0.29, 0.717) is 5.75 Å². The van der Waals surface area contributed by atoms with E-state index in [1.165, 1.54) is 0 Å². The van der Waals surface area contributed by atoms with Gasteiger partial charge >= 0.3 is 0 Å². The number of hydrogen-bond acceptors (Lipinski definition) is 3. The molecule has 0 spiro atoms. The molecule has 2 aromatic rings. The van der Waals surface area contributed by atoms with Crippen molar-refractivity contribution in [1.82, 2.24) is 4.90 Å². The van der Waals surface area contributed by atoms with Crippen LogP contribution in [0.1, 0.15) is 29.7 Å². The maximum absolute atomic E-state index is 10.6. The Morgan fingerprint density at radius 3 is 2.57 bits per heavy atom. The summed E-state index contributed by atoms with van der Waals surface area (Å²) in [4.78, 5) is 6.50. The number of aliphatic hydroxyl groups excluding tert-OH is 1. The van der Waals surface area contributed by atoms with Gasteiger partial charge in [0.25, 0.3) is 0 Å². The standard InChI is InChI=1S/C19H24N2O2/c1-5-21(3)13-20-17-12-18(23-4)16(11-14(17)2)19(22)15-9-7-6-8-10-15/h6-13,19,22H,5H2,1-4H3/b20-13+. The van der Waals surface area contributed by atoms with Crippen LogP contribution in [0.2, 0.25) is 0 Å². The minimum absolute atomic E-state index is 0.637. The van der Waals surface area contributed by atoms with Crippen molar-refractivity contribution in [2.24, 2.45) is 4.99 Å². The van der Waals surface area contributed by atoms with E-state index in [1.54, 1.807) is 13.4 Å². The molecule has 4 nitrogen and oxygen atoms in total. The molecule has 23 heavy (non-hydrogen) atoms. The van der Waals surface area contributed by atoms with Gasteiger partial charge in [-0.15, -0.1) is 0 Å². The second-order valence-electron chi connectivity index (χ2n) is 5.51. The molecule has 0 aliphatic heterocycles. The van der Waals surface area contributed by atoms with Gasteiger partial charge in [-0.05, 0) is 31.0 Å². The fourth-order valence-electron chi connectivity index (χ4n) is 2.29. The summed E-state index contributed by atoms with van der Waals surface area (Å²) in [5, 5.41) is 10.6. The molecular weight excluding hydrogens is 288 g/mol. The molecule has 2 rings (SSSR count). The van der Waals surface area contributed by atoms with Gasteiger partial charge in [0, 0.05) is 25.2 Å². The SMILES string of the molecule is CCN(C)/C=N/c1cc(OC)c(C(O)c2ccccc2)cc1C. The predicted octanol–water partition coefficient (Wildman–Crippen LogP) is 3.70. The number of rotatable bonds is 6. The van der Waals surface area contributed by atoms with E-state index in [0.717, 1.165) is 28.9 Å². The summed E-state index contributed by atoms with van der Waals surface area (Å²) in [6.45, 7) is 4.95. The Hall–Kier alpha value is -2.33. The molecule has 0 fully saturated rings. The summed E-state index contributed by atoms with van der Waals surface area (Å²) >= 11 is 0. The summed E-state index contributed by atoms with van der Waals surface area (Å²) in [6.07, 6.45) is 1.08. The second kappa shape index (κ2) is 7.79. The molecule has 1 atom stereocenters. The largest absolute Gasteiger partial charge is 0.496 e. The summed E-state index contributed by atoms with van der Waals surface area (Å²) in [6, 6.07) is 13.4. The number of aliphatic hydroxyl groups is 1. The maximum Gasteiger partial charge on any atom is 0.127 e. The topological polar surface area (TPSA) is 45.1 Å². The van der Waals surface area contributed by atoms with E-state index in [-0.39, 0.29) is 0 Å². The van der Waals surface area contributed by atoms with Crippen molar-refractivity contribution < 1.29 is 9.84 Å². The van der Waals surface area contributed by atoms with Gasteiger partial charge < -0.3 is 14.7 Å². The highest BCUT2D eigenvalue weighted by atomic mass is 16.5. The van der Waals surface area contributed by atoms with Crippen LogP contribution in [0.4, 0.5) is 5.69 Å². The lowest BCUT2D eigenvalue weighted by Gasteiger charge is -2.17. The third kappa shape index (κ3) is 4.11. The quantitative estimate of drug-likeness (QED) is 0.653. The molecule has 0 saturated heterocycles. The first-order chi connectivity index (χ1) is 11.1. The van der Waals surface area contributed by atoms with Gasteiger partial charge in [0.1, 0.15) is 11.9 Å². The fraction of sp³-hybridized carbons (Fsp3) is 0.316. The van der Waals surface area contributed by atoms with Crippen molar-refractivity contribution in [2.45, 2.75) is 20.0 Å². The van der Waals surface area contributed by atoms with Crippen LogP contribution in [-0.2, 0) is 0 Å². The van der Waals surface area contributed by atoms with Gasteiger partial charge in [-0.25, -0.2) is 4.99 Å². The van der Waals surface area contributed by atoms with E-state index in [1.807, 2.05) is 61.3 Å². The zero-order valence-corrected chi connectivity index (χ0v) is 14.2. The Morgan fingerprint density at radius 1 is 1.26 bits per heavy atom. The average Bonchev–Trinajstić information content (AvgIpc) is 2.60. The fourth-order valence-corrected chi connectivity index (χ4v) is 2.29. The second-order valence-corrected chi connectivity index (χ2v) is 5.51. The van der Waals surface area contributed by atoms with Crippen LogP contribution in [0.25, 0.3) is 0 Å². The minimum Gasteiger partial charge on any atom is -0.496 e. The number of benzene rings is 2. The van der Waals surface area contributed by atoms with Crippen molar-refractivity contribution in [3.63, 3.8) is 0 Å². The summed E-state index contributed by atoms with van der Waals surface area (Å²) < 4.78 is 5.47. The molecule has 0 aliphatic rings. The lowest BCUT2D eigenvalue weighted by molar-refractivity contribution is 0.214. The Bertz CT molecular complexity index is 669. The van der Waals surface area contributed by atoms with E-state index in [9.17, 15) is 5.11 Å². The van der Waals surface area contributed by atoms with Gasteiger partial charge in [0.15, 0.2) is 0 Å². The third-order valence-electron chi connectivity index (χ3n) is 3.85. The van der Waals surface area contributed by atoms with Crippen LogP contribution < -0.4 is 4.74 Å². The normalized spacial score (nSPS) is 12.4. The number of methoxy groups -OCH3 is 1. The highest BCUT2D eigenvalue weighted by Gasteiger charge is 2.17. The average molecular weight is 312 g/mol. The number of ether oxygens (including phenoxy) is 1. The molecule has 0 saturated carbocycles. The van der Waals surface area contributed by atoms with Crippen LogP contribution >= 0.6 is 0 Å². The first kappa shape index (κ1) is 17.0. The molecular formula is C19H24N2O2. The molecule has 2 aromatic carbocycles. The van der Waals surface area contributed by atoms with Gasteiger partial charge in [-0.1, -0.05) is 30.3 Å². The van der Waals surface area contributed by atoms with Gasteiger partial charge in [0.05, 0.1) is 19.1 Å². The molecule has 0 bridgehead atoms. The monoisotopic (exact) mass is 312 g/mol. The van der Waals surface area contributed by atoms with E-state index in [2.05, 4.69) is 11.9 Å². The highest BCUT2D eigenvalue weighted by molar-refractivity contribution is 5.65. The number of hydrogen-bond donors (Lipinski definition) is 1. The van der Waals surface area contributed by atoms with Crippen LogP contribution in [0.3, 0.4) is 0 Å². The molecule has 0 aromatic heterocycles. The van der Waals surface area contributed by atoms with Crippen molar-refractivity contribution in [3.05, 3.63) is 59.2 Å². The minimum atomic E-state index is -0.721. The lowest BCUT2D eigenvalue weighted by atomic mass is 9.98. The Balaban J connectivity index is 2.39. The Labute approximate surface area is 138 Å². The van der Waals surface area contributed by atoms with E-state index >= 15 is 0 Å². The molecule has 4 heteroatoms. The van der Waals surface area contributed by atoms with Crippen molar-refractivity contribution >= 4 is 12.0 Å². The molecule has 122 valence electrons. The van der Waals surface area contributed by atoms with Crippen molar-refractivity contribution in [1.29, 1.82) is 0 Å². The van der Waals surface area contributed by atoms with Crippen LogP contribution in [0.15, 0.2) is 47.5 Å². The zero-order valence-electron chi connectivity index (χ0n) is 14.2. The zero-order chi connectivity index (χ0) is 16.8. The van der Waals surface area contributed by atoms with Gasteiger partial charge in [-0.3, -0.25) is 0 Å². The first-order valence-electron chi connectivity index (χ1n) is 7.72.